The summed E-state index contributed by atoms with van der Waals surface area (Å²) in [5.41, 5.74) is 5.52. The van der Waals surface area contributed by atoms with Crippen LogP contribution in [0.25, 0.3) is 22.4 Å². The lowest BCUT2D eigenvalue weighted by atomic mass is 9.95. The number of benzene rings is 2. The molecule has 52 heavy (non-hydrogen) atoms. The summed E-state index contributed by atoms with van der Waals surface area (Å²) in [5, 5.41) is 14.5. The van der Waals surface area contributed by atoms with Crippen LogP contribution in [-0.2, 0) is 27.2 Å². The number of carbonyl (C=O) groups excluding carboxylic acids is 3. The van der Waals surface area contributed by atoms with Crippen molar-refractivity contribution < 1.29 is 28.6 Å². The highest BCUT2D eigenvalue weighted by Crippen LogP contribution is 2.50. The first-order chi connectivity index (χ1) is 25.0. The minimum Gasteiger partial charge on any atom is -0.493 e. The second-order valence-electron chi connectivity index (χ2n) is 12.8. The predicted molar refractivity (Wildman–Crippen MR) is 203 cm³/mol. The molecule has 0 fully saturated rings. The fourth-order valence-corrected chi connectivity index (χ4v) is 7.75. The number of rotatable bonds is 11. The molecule has 3 unspecified atom stereocenters. The number of thiazole rings is 1. The van der Waals surface area contributed by atoms with Crippen LogP contribution in [0.3, 0.4) is 0 Å². The van der Waals surface area contributed by atoms with Crippen molar-refractivity contribution in [1.29, 1.82) is 0 Å². The first-order valence-electron chi connectivity index (χ1n) is 16.9. The fourth-order valence-electron chi connectivity index (χ4n) is 6.78. The number of amides is 3. The van der Waals surface area contributed by atoms with Crippen molar-refractivity contribution in [3.8, 4) is 39.6 Å². The lowest BCUT2D eigenvalue weighted by Gasteiger charge is -2.23. The maximum absolute atomic E-state index is 14.0. The van der Waals surface area contributed by atoms with Crippen LogP contribution in [-0.4, -0.2) is 50.1 Å². The van der Waals surface area contributed by atoms with E-state index in [9.17, 15) is 19.2 Å². The van der Waals surface area contributed by atoms with E-state index in [1.807, 2.05) is 32.0 Å². The Hall–Kier alpha value is -5.14. The molecule has 4 aromatic rings. The van der Waals surface area contributed by atoms with Crippen molar-refractivity contribution in [1.82, 2.24) is 10.3 Å². The molecule has 0 spiro atoms. The molecule has 14 heteroatoms. The molecule has 272 valence electrons. The van der Waals surface area contributed by atoms with Gasteiger partial charge in [-0.2, -0.15) is 0 Å². The standard InChI is InChI=1S/C38H40ClN5O7S/c1-7-18(2)34(37(48)44-38-43-29(17-52-38)24-12-21-14-32(47)41-28(21)16-25(24)39)42-27-11-9-22-23(15-30(27)46)26(40-19(3)45)10-8-20-13-31(49-4)35(50-5)36(51-6)33(20)22/h9,11-13,15-18,26,34H,7-8,10,14H2,1-6H3,(H,40,45)(H,41,47)(H,42,46)(H,43,44,48). The smallest absolute Gasteiger partial charge is 0.248 e. The summed E-state index contributed by atoms with van der Waals surface area (Å²) in [4.78, 5) is 56.8. The predicted octanol–water partition coefficient (Wildman–Crippen LogP) is 6.60. The topological polar surface area (TPSA) is 157 Å². The van der Waals surface area contributed by atoms with Crippen molar-refractivity contribution in [2.75, 3.05) is 37.3 Å². The number of hydrogen-bond donors (Lipinski definition) is 4. The second-order valence-corrected chi connectivity index (χ2v) is 14.1. The zero-order chi connectivity index (χ0) is 37.3. The number of ether oxygens (including phenoxy) is 3. The quantitative estimate of drug-likeness (QED) is 0.133. The third-order valence-corrected chi connectivity index (χ3v) is 10.6. The van der Waals surface area contributed by atoms with E-state index in [1.54, 1.807) is 31.7 Å². The van der Waals surface area contributed by atoms with Crippen LogP contribution in [0.1, 0.15) is 56.3 Å². The third-order valence-electron chi connectivity index (χ3n) is 9.55. The van der Waals surface area contributed by atoms with E-state index in [0.717, 1.165) is 16.7 Å². The lowest BCUT2D eigenvalue weighted by Crippen LogP contribution is -2.40. The molecule has 2 heterocycles. The monoisotopic (exact) mass is 745 g/mol. The van der Waals surface area contributed by atoms with Gasteiger partial charge in [0.2, 0.25) is 28.9 Å². The van der Waals surface area contributed by atoms with Crippen LogP contribution in [0, 0.1) is 5.92 Å². The molecule has 3 aromatic carbocycles. The highest BCUT2D eigenvalue weighted by Gasteiger charge is 2.31. The lowest BCUT2D eigenvalue weighted by molar-refractivity contribution is -0.120. The summed E-state index contributed by atoms with van der Waals surface area (Å²) >= 11 is 7.79. The minimum absolute atomic E-state index is 0.0973. The van der Waals surface area contributed by atoms with Crippen molar-refractivity contribution in [3.05, 3.63) is 73.7 Å². The van der Waals surface area contributed by atoms with Gasteiger partial charge in [0.1, 0.15) is 6.04 Å². The van der Waals surface area contributed by atoms with Gasteiger partial charge in [0, 0.05) is 29.1 Å². The van der Waals surface area contributed by atoms with Crippen LogP contribution in [0.4, 0.5) is 16.5 Å². The molecule has 0 radical (unpaired) electrons. The van der Waals surface area contributed by atoms with Gasteiger partial charge in [0.15, 0.2) is 16.6 Å². The number of fused-ring (bicyclic) bond motifs is 4. The number of nitrogens with one attached hydrogen (secondary N) is 4. The van der Waals surface area contributed by atoms with E-state index in [0.29, 0.717) is 74.7 Å². The minimum atomic E-state index is -0.801. The molecule has 0 bridgehead atoms. The molecule has 4 N–H and O–H groups in total. The van der Waals surface area contributed by atoms with E-state index in [4.69, 9.17) is 25.8 Å². The maximum Gasteiger partial charge on any atom is 0.248 e. The largest absolute Gasteiger partial charge is 0.493 e. The van der Waals surface area contributed by atoms with Gasteiger partial charge in [-0.25, -0.2) is 4.98 Å². The average molecular weight is 746 g/mol. The summed E-state index contributed by atoms with van der Waals surface area (Å²) in [5.74, 6) is 0.486. The summed E-state index contributed by atoms with van der Waals surface area (Å²) in [7, 11) is 4.63. The third kappa shape index (κ3) is 7.15. The van der Waals surface area contributed by atoms with Gasteiger partial charge in [-0.15, -0.1) is 11.3 Å². The van der Waals surface area contributed by atoms with E-state index in [2.05, 4.69) is 26.3 Å². The SMILES string of the molecule is CCC(C)C(Nc1ccc2c(cc1=O)C(NC(C)=O)CCc1cc(OC)c(OC)c(OC)c1-2)C(=O)Nc1nc(-c2cc3c(cc2Cl)NC(=O)C3)cs1. The van der Waals surface area contributed by atoms with E-state index >= 15 is 0 Å². The molecule has 2 aliphatic rings. The molecule has 0 saturated heterocycles. The fraction of sp³-hybridized carbons (Fsp3) is 0.342. The highest BCUT2D eigenvalue weighted by atomic mass is 35.5. The summed E-state index contributed by atoms with van der Waals surface area (Å²) in [6.45, 7) is 5.34. The molecule has 3 atom stereocenters. The second kappa shape index (κ2) is 15.2. The zero-order valence-electron chi connectivity index (χ0n) is 29.7. The molecular weight excluding hydrogens is 706 g/mol. The van der Waals surface area contributed by atoms with E-state index in [-0.39, 0.29) is 41.2 Å². The number of methoxy groups -OCH3 is 3. The van der Waals surface area contributed by atoms with Gasteiger partial charge in [-0.3, -0.25) is 19.2 Å². The van der Waals surface area contributed by atoms with E-state index in [1.165, 1.54) is 31.4 Å². The van der Waals surface area contributed by atoms with Crippen molar-refractivity contribution in [2.24, 2.45) is 5.92 Å². The van der Waals surface area contributed by atoms with Gasteiger partial charge >= 0.3 is 0 Å². The Morgan fingerprint density at radius 2 is 1.81 bits per heavy atom. The van der Waals surface area contributed by atoms with Crippen LogP contribution in [0.2, 0.25) is 5.02 Å². The van der Waals surface area contributed by atoms with Gasteiger partial charge in [0.25, 0.3) is 0 Å². The van der Waals surface area contributed by atoms with Gasteiger partial charge < -0.3 is 35.5 Å². The number of carbonyl (C=O) groups is 3. The summed E-state index contributed by atoms with van der Waals surface area (Å²) < 4.78 is 17.2. The van der Waals surface area contributed by atoms with Gasteiger partial charge in [-0.05, 0) is 71.3 Å². The number of nitrogens with zero attached hydrogens (tertiary/aromatic N) is 1. The van der Waals surface area contributed by atoms with Crippen LogP contribution in [0.5, 0.6) is 17.2 Å². The first kappa shape index (κ1) is 36.6. The number of anilines is 3. The Morgan fingerprint density at radius 1 is 1.04 bits per heavy atom. The molecular formula is C38H40ClN5O7S. The summed E-state index contributed by atoms with van der Waals surface area (Å²) in [6, 6.07) is 9.16. The number of hydrogen-bond acceptors (Lipinski definition) is 10. The number of aromatic nitrogens is 1. The highest BCUT2D eigenvalue weighted by molar-refractivity contribution is 7.14. The molecule has 1 aliphatic carbocycles. The Morgan fingerprint density at radius 3 is 2.50 bits per heavy atom. The molecule has 0 saturated carbocycles. The van der Waals surface area contributed by atoms with Gasteiger partial charge in [-0.1, -0.05) is 37.9 Å². The maximum atomic E-state index is 14.0. The van der Waals surface area contributed by atoms with Crippen molar-refractivity contribution in [3.63, 3.8) is 0 Å². The molecule has 12 nitrogen and oxygen atoms in total. The Labute approximate surface area is 310 Å². The van der Waals surface area contributed by atoms with Gasteiger partial charge in [0.05, 0.1) is 50.2 Å². The molecule has 3 amide bonds. The Balaban J connectivity index is 1.35. The number of aryl methyl sites for hydroxylation is 1. The molecule has 1 aromatic heterocycles. The van der Waals surface area contributed by atoms with Crippen molar-refractivity contribution >= 4 is 57.2 Å². The molecule has 1 aliphatic heterocycles. The number of halogens is 1. The average Bonchev–Trinajstić information content (AvgIpc) is 3.65. The Bertz CT molecular complexity index is 2140. The summed E-state index contributed by atoms with van der Waals surface area (Å²) in [6.07, 6.45) is 1.99. The van der Waals surface area contributed by atoms with E-state index < -0.39 is 12.1 Å². The van der Waals surface area contributed by atoms with Crippen LogP contribution < -0.4 is 40.9 Å². The van der Waals surface area contributed by atoms with Crippen LogP contribution in [0.15, 0.2) is 46.6 Å². The zero-order valence-corrected chi connectivity index (χ0v) is 31.3. The van der Waals surface area contributed by atoms with Crippen molar-refractivity contribution in [2.45, 2.75) is 58.5 Å². The van der Waals surface area contributed by atoms with Crippen LogP contribution >= 0.6 is 22.9 Å². The Kier molecular flexibility index (Phi) is 10.7. The first-order valence-corrected chi connectivity index (χ1v) is 18.1. The molecule has 6 rings (SSSR count). The normalized spacial score (nSPS) is 15.5.